The Morgan fingerprint density at radius 1 is 0.584 bits per heavy atom. The smallest absolute Gasteiger partial charge is 0.419 e. The number of carbonyl (C=O) groups excluding carboxylic acids is 5. The van der Waals surface area contributed by atoms with Crippen LogP contribution in [-0.4, -0.2) is 98.6 Å². The minimum Gasteiger partial charge on any atom is -0.461 e. The van der Waals surface area contributed by atoms with E-state index in [9.17, 15) is 24.6 Å². The summed E-state index contributed by atoms with van der Waals surface area (Å²) in [6.07, 6.45) is 2.75. The van der Waals surface area contributed by atoms with Crippen molar-refractivity contribution in [3.63, 3.8) is 0 Å². The number of ether oxygens (including phenoxy) is 2. The molecule has 0 aliphatic rings. The lowest BCUT2D eigenvalue weighted by Crippen LogP contribution is -2.58. The van der Waals surface area contributed by atoms with E-state index in [1.165, 1.54) is 22.4 Å². The van der Waals surface area contributed by atoms with E-state index in [0.29, 0.717) is 28.6 Å². The summed E-state index contributed by atoms with van der Waals surface area (Å²) in [5, 5.41) is 32.7. The number of nitrogens with one attached hydrogen (secondary N) is 3. The number of aliphatic hydroxyl groups excluding tert-OH is 2. The zero-order valence-corrected chi connectivity index (χ0v) is 52.7. The van der Waals surface area contributed by atoms with E-state index >= 15 is 9.59 Å². The number of aromatic nitrogens is 1. The highest BCUT2D eigenvalue weighted by Crippen LogP contribution is 2.50. The van der Waals surface area contributed by atoms with Crippen molar-refractivity contribution in [2.75, 3.05) is 18.1 Å². The molecule has 0 aliphatic carbocycles. The van der Waals surface area contributed by atoms with E-state index in [1.807, 2.05) is 158 Å². The lowest BCUT2D eigenvalue weighted by atomic mass is 9.84. The lowest BCUT2D eigenvalue weighted by Gasteiger charge is -2.37. The lowest BCUT2D eigenvalue weighted by molar-refractivity contribution is -0.145. The maximum absolute atomic E-state index is 15.5. The predicted molar refractivity (Wildman–Crippen MR) is 357 cm³/mol. The summed E-state index contributed by atoms with van der Waals surface area (Å²) in [5.41, 5.74) is 6.26. The van der Waals surface area contributed by atoms with Gasteiger partial charge in [0.2, 0.25) is 17.7 Å². The van der Waals surface area contributed by atoms with Crippen LogP contribution in [0.3, 0.4) is 0 Å². The largest absolute Gasteiger partial charge is 0.461 e. The fourth-order valence-corrected chi connectivity index (χ4v) is 14.1. The van der Waals surface area contributed by atoms with Crippen LogP contribution < -0.4 is 16.0 Å². The van der Waals surface area contributed by atoms with Gasteiger partial charge in [-0.25, -0.2) is 4.79 Å². The van der Waals surface area contributed by atoms with E-state index in [0.717, 1.165) is 33.4 Å². The van der Waals surface area contributed by atoms with Crippen molar-refractivity contribution in [2.45, 2.75) is 106 Å². The van der Waals surface area contributed by atoms with Gasteiger partial charge in [-0.2, -0.15) is 0 Å². The monoisotopic (exact) mass is 1230 g/mol. The number of fused-ring (bicyclic) bond motifs is 1. The normalized spacial score (nSPS) is 13.6. The molecule has 0 fully saturated rings. The van der Waals surface area contributed by atoms with Crippen molar-refractivity contribution < 1.29 is 43.7 Å². The van der Waals surface area contributed by atoms with Crippen molar-refractivity contribution in [2.24, 2.45) is 5.92 Å². The first-order chi connectivity index (χ1) is 42.9. The van der Waals surface area contributed by atoms with E-state index in [1.54, 1.807) is 76.9 Å². The topological polar surface area (TPSA) is 185 Å². The van der Waals surface area contributed by atoms with Crippen LogP contribution in [0.15, 0.2) is 237 Å². The first-order valence-electron chi connectivity index (χ1n) is 30.1. The third-order valence-corrected chi connectivity index (χ3v) is 18.4. The molecule has 89 heavy (non-hydrogen) atoms. The molecule has 1 aromatic heterocycles. The molecule has 3 amide bonds. The Balaban J connectivity index is 1.11. The molecule has 0 saturated heterocycles. The van der Waals surface area contributed by atoms with Crippen molar-refractivity contribution in [1.82, 2.24) is 20.5 Å². The van der Waals surface area contributed by atoms with Gasteiger partial charge in [-0.1, -0.05) is 239 Å². The first kappa shape index (κ1) is 66.5. The van der Waals surface area contributed by atoms with Crippen LogP contribution in [-0.2, 0) is 44.6 Å². The van der Waals surface area contributed by atoms with Gasteiger partial charge in [-0.15, -0.1) is 23.5 Å². The van der Waals surface area contributed by atoms with E-state index in [4.69, 9.17) is 9.47 Å². The van der Waals surface area contributed by atoms with Crippen LogP contribution in [0.2, 0.25) is 0 Å². The Morgan fingerprint density at radius 3 is 1.49 bits per heavy atom. The van der Waals surface area contributed by atoms with Crippen LogP contribution in [0.25, 0.3) is 10.9 Å². The molecule has 3 unspecified atom stereocenters. The minimum atomic E-state index is -1.39. The van der Waals surface area contributed by atoms with Crippen molar-refractivity contribution in [1.29, 1.82) is 0 Å². The summed E-state index contributed by atoms with van der Waals surface area (Å²) in [6.45, 7) is 12.4. The summed E-state index contributed by atoms with van der Waals surface area (Å²) < 4.78 is 10.9. The molecule has 0 saturated carbocycles. The Kier molecular flexibility index (Phi) is 23.6. The summed E-state index contributed by atoms with van der Waals surface area (Å²) >= 11 is 3.20. The fraction of sp³-hybridized carbons (Fsp3) is 0.284. The van der Waals surface area contributed by atoms with Gasteiger partial charge in [0.05, 0.1) is 46.1 Å². The van der Waals surface area contributed by atoms with Gasteiger partial charge in [0.25, 0.3) is 0 Å². The zero-order chi connectivity index (χ0) is 63.4. The highest BCUT2D eigenvalue weighted by molar-refractivity contribution is 8.00. The van der Waals surface area contributed by atoms with Crippen LogP contribution in [0.5, 0.6) is 0 Å². The SMILES string of the molecule is C=CCOC(=O)CC(O)C(NC(=O)C(CSC(c1ccccc1)(c1ccccc1)c1ccccc1)NC(=O)[C@@H](Cc1cn(C(=O)OC(C)(C)C)c2ccccc12)NC(=O)C[C@H](O)/C=C/CCSC(c1ccccc1)(c1ccccc1)c1ccccc1)C(C)C. The number of rotatable bonds is 29. The molecule has 5 atom stereocenters. The molecule has 5 N–H and O–H groups in total. The number of thioether (sulfide) groups is 2. The maximum Gasteiger partial charge on any atom is 0.419 e. The van der Waals surface area contributed by atoms with Crippen LogP contribution in [0.1, 0.15) is 92.8 Å². The summed E-state index contributed by atoms with van der Waals surface area (Å²) in [7, 11) is 0. The van der Waals surface area contributed by atoms with Crippen molar-refractivity contribution in [3.05, 3.63) is 276 Å². The number of aliphatic hydroxyl groups is 2. The quantitative estimate of drug-likeness (QED) is 0.0130. The average molecular weight is 1230 g/mol. The molecule has 7 aromatic carbocycles. The second kappa shape index (κ2) is 31.6. The number of amides is 3. The number of esters is 1. The molecule has 0 aliphatic heterocycles. The predicted octanol–water partition coefficient (Wildman–Crippen LogP) is 12.7. The standard InChI is InChI=1S/C74H80N4O9S2/c1-7-45-86-67(82)49-65(80)68(52(2)3)77-70(84)63(51-89-74(57-36-20-11-21-37-57,58-38-22-12-23-39-58)59-40-24-13-25-41-59)76-69(83)62(47-53-50-78(71(85)87-72(4,5)6)64-44-27-26-43-61(53)64)75-66(81)48-60(79)42-28-29-46-88-73(54-30-14-8-15-31-54,55-32-16-9-17-33-55)56-34-18-10-19-35-56/h7-28,30-44,50,52,60,62-63,65,68,79-80H,1,29,45-49,51H2,2-6H3,(H,75,81)(H,76,83)(H,77,84)/b42-28+/t60-,62-,63?,65?,68?/m1/s1. The van der Waals surface area contributed by atoms with Gasteiger partial charge in [0.1, 0.15) is 24.3 Å². The van der Waals surface area contributed by atoms with Gasteiger partial charge in [0.15, 0.2) is 0 Å². The third-order valence-electron chi connectivity index (χ3n) is 15.2. The average Bonchev–Trinajstić information content (AvgIpc) is 1.41. The molecule has 1 heterocycles. The highest BCUT2D eigenvalue weighted by Gasteiger charge is 2.41. The van der Waals surface area contributed by atoms with Gasteiger partial charge in [-0.3, -0.25) is 23.7 Å². The van der Waals surface area contributed by atoms with E-state index < -0.39 is 94.0 Å². The molecule has 15 heteroatoms. The minimum absolute atomic E-state index is 0.0535. The van der Waals surface area contributed by atoms with Crippen LogP contribution in [0, 0.1) is 5.92 Å². The molecule has 0 bridgehead atoms. The second-order valence-electron chi connectivity index (χ2n) is 23.1. The molecule has 462 valence electrons. The van der Waals surface area contributed by atoms with E-state index in [2.05, 4.69) is 58.9 Å². The number of nitrogens with zero attached hydrogens (tertiary/aromatic N) is 1. The molecule has 8 rings (SSSR count). The third kappa shape index (κ3) is 17.2. The number of carbonyl (C=O) groups is 5. The number of para-hydroxylation sites is 1. The van der Waals surface area contributed by atoms with Gasteiger partial charge >= 0.3 is 12.1 Å². The Bertz CT molecular complexity index is 3430. The molecule has 0 spiro atoms. The summed E-state index contributed by atoms with van der Waals surface area (Å²) in [4.78, 5) is 71.9. The fourth-order valence-electron chi connectivity index (χ4n) is 11.0. The van der Waals surface area contributed by atoms with Crippen molar-refractivity contribution >= 4 is 64.2 Å². The molecule has 0 radical (unpaired) electrons. The number of allylic oxidation sites excluding steroid dienone is 1. The molecular weight excluding hydrogens is 1150 g/mol. The number of benzene rings is 7. The van der Waals surface area contributed by atoms with Crippen LogP contribution >= 0.6 is 23.5 Å². The first-order valence-corrected chi connectivity index (χ1v) is 32.0. The number of hydrogen-bond acceptors (Lipinski definition) is 11. The Hall–Kier alpha value is -8.47. The zero-order valence-electron chi connectivity index (χ0n) is 51.1. The van der Waals surface area contributed by atoms with Crippen LogP contribution in [0.4, 0.5) is 4.79 Å². The van der Waals surface area contributed by atoms with Gasteiger partial charge in [0, 0.05) is 23.8 Å². The van der Waals surface area contributed by atoms with Crippen molar-refractivity contribution in [3.8, 4) is 0 Å². The Labute approximate surface area is 531 Å². The highest BCUT2D eigenvalue weighted by atomic mass is 32.2. The maximum atomic E-state index is 15.5. The second-order valence-corrected chi connectivity index (χ2v) is 25.7. The summed E-state index contributed by atoms with van der Waals surface area (Å²) in [5.74, 6) is -2.54. The van der Waals surface area contributed by atoms with Gasteiger partial charge < -0.3 is 35.6 Å². The molecule has 8 aromatic rings. The van der Waals surface area contributed by atoms with E-state index in [-0.39, 0.29) is 18.8 Å². The molecule has 13 nitrogen and oxygen atoms in total. The number of hydrogen-bond donors (Lipinski definition) is 5. The summed E-state index contributed by atoms with van der Waals surface area (Å²) in [6, 6.07) is 64.2. The Morgan fingerprint density at radius 2 is 1.03 bits per heavy atom. The molecular formula is C74H80N4O9S2. The van der Waals surface area contributed by atoms with Gasteiger partial charge in [-0.05, 0) is 83.9 Å².